The van der Waals surface area contributed by atoms with Crippen LogP contribution in [0.5, 0.6) is 0 Å². The predicted octanol–water partition coefficient (Wildman–Crippen LogP) is 9.07. The average Bonchev–Trinajstić information content (AvgIpc) is 3.44. The summed E-state index contributed by atoms with van der Waals surface area (Å²) in [6.07, 6.45) is 9.17. The van der Waals surface area contributed by atoms with Gasteiger partial charge in [-0.05, 0) is 66.6 Å². The zero-order valence-electron chi connectivity index (χ0n) is 21.1. The van der Waals surface area contributed by atoms with Gasteiger partial charge in [0, 0.05) is 45.3 Å². The summed E-state index contributed by atoms with van der Waals surface area (Å²) in [7, 11) is 0. The third-order valence-corrected chi connectivity index (χ3v) is 8.88. The number of carbonyl (C=O) groups is 1. The molecule has 2 fully saturated rings. The Labute approximate surface area is 241 Å². The lowest BCUT2D eigenvalue weighted by Gasteiger charge is -2.30. The third kappa shape index (κ3) is 5.38. The minimum absolute atomic E-state index is 0.0698. The topological polar surface area (TPSA) is 37.6 Å². The van der Waals surface area contributed by atoms with Gasteiger partial charge in [-0.15, -0.1) is 0 Å². The summed E-state index contributed by atoms with van der Waals surface area (Å²) in [5.41, 5.74) is 3.17. The maximum absolute atomic E-state index is 14.5. The van der Waals surface area contributed by atoms with Gasteiger partial charge in [0.1, 0.15) is 11.5 Å². The highest BCUT2D eigenvalue weighted by molar-refractivity contribution is 8.18. The number of rotatable bonds is 5. The molecule has 1 aliphatic carbocycles. The lowest BCUT2D eigenvalue weighted by molar-refractivity contribution is -0.124. The monoisotopic (exact) mass is 577 g/mol. The second kappa shape index (κ2) is 11.2. The SMILES string of the molecule is O=C1/C(=C/c2cn(Cc3ccc(Cl)cc3Cl)c3ccccc23)SC(=Nc2ccccc2F)N1C1CCCCC1. The lowest BCUT2D eigenvalue weighted by Crippen LogP contribution is -2.40. The van der Waals surface area contributed by atoms with E-state index in [1.54, 1.807) is 29.2 Å². The van der Waals surface area contributed by atoms with Crippen molar-refractivity contribution in [3.8, 4) is 0 Å². The number of para-hydroxylation sites is 2. The van der Waals surface area contributed by atoms with Crippen LogP contribution >= 0.6 is 35.0 Å². The summed E-state index contributed by atoms with van der Waals surface area (Å²) in [6.45, 7) is 0.564. The molecule has 0 spiro atoms. The molecule has 8 heteroatoms. The standard InChI is InChI=1S/C31H26Cl2FN3OS/c32-22-15-14-20(25(33)17-22)18-36-19-21(24-10-4-7-13-28(24)36)16-29-30(38)37(23-8-2-1-3-9-23)31(39-29)35-27-12-6-5-11-26(27)34/h4-7,10-17,19,23H,1-3,8-9,18H2/b29-16-,35-31?. The number of hydrogen-bond donors (Lipinski definition) is 0. The Morgan fingerprint density at radius 2 is 1.77 bits per heavy atom. The van der Waals surface area contributed by atoms with E-state index in [1.807, 2.05) is 36.5 Å². The van der Waals surface area contributed by atoms with E-state index in [0.717, 1.165) is 47.7 Å². The fourth-order valence-corrected chi connectivity index (χ4v) is 6.88. The molecule has 4 nitrogen and oxygen atoms in total. The number of amides is 1. The van der Waals surface area contributed by atoms with Crippen LogP contribution in [-0.4, -0.2) is 26.6 Å². The van der Waals surface area contributed by atoms with Crippen molar-refractivity contribution in [2.24, 2.45) is 4.99 Å². The highest BCUT2D eigenvalue weighted by Crippen LogP contribution is 2.40. The van der Waals surface area contributed by atoms with Gasteiger partial charge in [-0.3, -0.25) is 9.69 Å². The van der Waals surface area contributed by atoms with Crippen LogP contribution < -0.4 is 0 Å². The van der Waals surface area contributed by atoms with Crippen molar-refractivity contribution in [1.82, 2.24) is 9.47 Å². The number of halogens is 3. The van der Waals surface area contributed by atoms with Crippen LogP contribution in [0.1, 0.15) is 43.2 Å². The van der Waals surface area contributed by atoms with Gasteiger partial charge < -0.3 is 4.57 Å². The molecule has 0 atom stereocenters. The van der Waals surface area contributed by atoms with Crippen molar-refractivity contribution in [3.05, 3.63) is 105 Å². The molecule has 2 aliphatic rings. The van der Waals surface area contributed by atoms with Crippen molar-refractivity contribution in [1.29, 1.82) is 0 Å². The van der Waals surface area contributed by atoms with Crippen LogP contribution in [0.25, 0.3) is 17.0 Å². The minimum atomic E-state index is -0.400. The Hall–Kier alpha value is -3.06. The average molecular weight is 579 g/mol. The fourth-order valence-electron chi connectivity index (χ4n) is 5.37. The van der Waals surface area contributed by atoms with Crippen molar-refractivity contribution >= 4 is 68.7 Å². The van der Waals surface area contributed by atoms with Gasteiger partial charge in [-0.25, -0.2) is 9.38 Å². The molecule has 0 N–H and O–H groups in total. The number of carbonyl (C=O) groups excluding carboxylic acids is 1. The van der Waals surface area contributed by atoms with Crippen LogP contribution in [0.2, 0.25) is 10.0 Å². The molecule has 198 valence electrons. The Kier molecular flexibility index (Phi) is 7.52. The Balaban J connectivity index is 1.40. The molecule has 0 bridgehead atoms. The molecule has 1 aliphatic heterocycles. The largest absolute Gasteiger partial charge is 0.342 e. The fraction of sp³-hybridized carbons (Fsp3) is 0.226. The van der Waals surface area contributed by atoms with Crippen LogP contribution in [-0.2, 0) is 11.3 Å². The molecule has 3 aromatic carbocycles. The second-order valence-corrected chi connectivity index (χ2v) is 11.7. The van der Waals surface area contributed by atoms with Crippen molar-refractivity contribution < 1.29 is 9.18 Å². The number of benzene rings is 3. The van der Waals surface area contributed by atoms with Crippen LogP contribution in [0.4, 0.5) is 10.1 Å². The summed E-state index contributed by atoms with van der Waals surface area (Å²) < 4.78 is 16.6. The van der Waals surface area contributed by atoms with E-state index >= 15 is 0 Å². The summed E-state index contributed by atoms with van der Waals surface area (Å²) in [5.74, 6) is -0.470. The number of hydrogen-bond acceptors (Lipinski definition) is 3. The smallest absolute Gasteiger partial charge is 0.267 e. The van der Waals surface area contributed by atoms with E-state index in [9.17, 15) is 9.18 Å². The van der Waals surface area contributed by atoms with Gasteiger partial charge in [0.05, 0.1) is 4.91 Å². The lowest BCUT2D eigenvalue weighted by atomic mass is 9.94. The normalized spacial score (nSPS) is 18.6. The Morgan fingerprint density at radius 3 is 2.56 bits per heavy atom. The van der Waals surface area contributed by atoms with Gasteiger partial charge >= 0.3 is 0 Å². The van der Waals surface area contributed by atoms with Crippen molar-refractivity contribution in [3.63, 3.8) is 0 Å². The predicted molar refractivity (Wildman–Crippen MR) is 160 cm³/mol. The molecule has 1 aromatic heterocycles. The number of fused-ring (bicyclic) bond motifs is 1. The zero-order valence-corrected chi connectivity index (χ0v) is 23.4. The molecule has 2 heterocycles. The molecule has 0 radical (unpaired) electrons. The van der Waals surface area contributed by atoms with Gasteiger partial charge in [0.15, 0.2) is 5.17 Å². The maximum Gasteiger partial charge on any atom is 0.267 e. The molecule has 6 rings (SSSR count). The highest BCUT2D eigenvalue weighted by atomic mass is 35.5. The van der Waals surface area contributed by atoms with Crippen LogP contribution in [0, 0.1) is 5.82 Å². The third-order valence-electron chi connectivity index (χ3n) is 7.31. The van der Waals surface area contributed by atoms with Gasteiger partial charge in [0.2, 0.25) is 0 Å². The number of nitrogens with zero attached hydrogens (tertiary/aromatic N) is 3. The molecule has 1 amide bonds. The summed E-state index contributed by atoms with van der Waals surface area (Å²) in [6, 6.07) is 20.1. The van der Waals surface area contributed by atoms with Crippen molar-refractivity contribution in [2.45, 2.75) is 44.7 Å². The number of thioether (sulfide) groups is 1. The summed E-state index contributed by atoms with van der Waals surface area (Å²) >= 11 is 13.9. The van der Waals surface area contributed by atoms with E-state index in [0.29, 0.717) is 26.7 Å². The van der Waals surface area contributed by atoms with E-state index in [1.165, 1.54) is 24.2 Å². The van der Waals surface area contributed by atoms with Gasteiger partial charge in [-0.1, -0.05) is 78.9 Å². The van der Waals surface area contributed by atoms with Crippen LogP contribution in [0.15, 0.2) is 82.8 Å². The number of amidine groups is 1. The first kappa shape index (κ1) is 26.2. The van der Waals surface area contributed by atoms with E-state index in [-0.39, 0.29) is 17.6 Å². The zero-order chi connectivity index (χ0) is 26.9. The molecular formula is C31H26Cl2FN3OS. The number of aromatic nitrogens is 1. The molecule has 1 saturated carbocycles. The first-order chi connectivity index (χ1) is 19.0. The number of aliphatic imine (C=N–C) groups is 1. The molecule has 0 unspecified atom stereocenters. The molecule has 4 aromatic rings. The van der Waals surface area contributed by atoms with E-state index in [2.05, 4.69) is 21.7 Å². The Morgan fingerprint density at radius 1 is 1.00 bits per heavy atom. The second-order valence-electron chi connectivity index (χ2n) is 9.89. The van der Waals surface area contributed by atoms with E-state index in [4.69, 9.17) is 23.2 Å². The summed E-state index contributed by atoms with van der Waals surface area (Å²) in [5, 5.41) is 2.78. The minimum Gasteiger partial charge on any atom is -0.342 e. The van der Waals surface area contributed by atoms with E-state index < -0.39 is 5.82 Å². The molecule has 1 saturated heterocycles. The van der Waals surface area contributed by atoms with Crippen molar-refractivity contribution in [2.75, 3.05) is 0 Å². The van der Waals surface area contributed by atoms with Crippen LogP contribution in [0.3, 0.4) is 0 Å². The highest BCUT2D eigenvalue weighted by Gasteiger charge is 2.39. The molecule has 39 heavy (non-hydrogen) atoms. The van der Waals surface area contributed by atoms with Gasteiger partial charge in [-0.2, -0.15) is 0 Å². The van der Waals surface area contributed by atoms with Gasteiger partial charge in [0.25, 0.3) is 5.91 Å². The molecular weight excluding hydrogens is 552 g/mol. The maximum atomic E-state index is 14.5. The Bertz CT molecular complexity index is 1620. The summed E-state index contributed by atoms with van der Waals surface area (Å²) in [4.78, 5) is 20.9. The first-order valence-corrected chi connectivity index (χ1v) is 14.6. The first-order valence-electron chi connectivity index (χ1n) is 13.1. The quantitative estimate of drug-likeness (QED) is 0.222.